The van der Waals surface area contributed by atoms with Crippen LogP contribution in [0.4, 0.5) is 0 Å². The van der Waals surface area contributed by atoms with Crippen molar-refractivity contribution < 1.29 is 9.90 Å². The minimum absolute atomic E-state index is 0.260. The molecule has 1 heterocycles. The van der Waals surface area contributed by atoms with Gasteiger partial charge >= 0.3 is 5.97 Å². The summed E-state index contributed by atoms with van der Waals surface area (Å²) in [5, 5.41) is 11.8. The Hall–Kier alpha value is -0.610. The molecular weight excluding hydrogens is 168 g/mol. The van der Waals surface area contributed by atoms with Gasteiger partial charge in [0, 0.05) is 25.7 Å². The van der Waals surface area contributed by atoms with E-state index in [1.807, 2.05) is 0 Å². The van der Waals surface area contributed by atoms with E-state index < -0.39 is 5.97 Å². The number of rotatable bonds is 6. The molecule has 0 unspecified atom stereocenters. The fourth-order valence-corrected chi connectivity index (χ4v) is 1.54. The number of hydrogen-bond acceptors (Lipinski definition) is 3. The van der Waals surface area contributed by atoms with E-state index in [4.69, 9.17) is 5.11 Å². The second-order valence-corrected chi connectivity index (χ2v) is 3.49. The van der Waals surface area contributed by atoms with E-state index >= 15 is 0 Å². The number of carboxylic acids is 1. The molecule has 1 aliphatic heterocycles. The Kier molecular flexibility index (Phi) is 4.18. The topological polar surface area (TPSA) is 52.6 Å². The Morgan fingerprint density at radius 3 is 2.62 bits per heavy atom. The number of aliphatic carboxylic acids is 1. The van der Waals surface area contributed by atoms with Crippen LogP contribution in [0.2, 0.25) is 0 Å². The third-order valence-electron chi connectivity index (χ3n) is 2.40. The fraction of sp³-hybridized carbons (Fsp3) is 0.889. The average Bonchev–Trinajstić information content (AvgIpc) is 1.97. The Morgan fingerprint density at radius 2 is 2.23 bits per heavy atom. The van der Waals surface area contributed by atoms with Gasteiger partial charge in [0.15, 0.2) is 0 Å². The summed E-state index contributed by atoms with van der Waals surface area (Å²) in [5.74, 6) is -0.701. The first kappa shape index (κ1) is 10.5. The molecule has 1 saturated heterocycles. The van der Waals surface area contributed by atoms with E-state index in [0.29, 0.717) is 12.6 Å². The Morgan fingerprint density at radius 1 is 1.54 bits per heavy atom. The number of carboxylic acid groups (broad SMARTS) is 1. The minimum Gasteiger partial charge on any atom is -0.481 e. The summed E-state index contributed by atoms with van der Waals surface area (Å²) >= 11 is 0. The van der Waals surface area contributed by atoms with Gasteiger partial charge in [-0.25, -0.2) is 0 Å². The quantitative estimate of drug-likeness (QED) is 0.620. The van der Waals surface area contributed by atoms with Gasteiger partial charge in [0.05, 0.1) is 6.42 Å². The van der Waals surface area contributed by atoms with Crippen LogP contribution < -0.4 is 5.32 Å². The molecule has 0 saturated carbocycles. The van der Waals surface area contributed by atoms with Crippen molar-refractivity contribution in [3.63, 3.8) is 0 Å². The molecule has 13 heavy (non-hydrogen) atoms. The maximum absolute atomic E-state index is 10.4. The first-order valence-electron chi connectivity index (χ1n) is 4.90. The molecule has 1 fully saturated rings. The Labute approximate surface area is 78.9 Å². The lowest BCUT2D eigenvalue weighted by atomic mass is 10.1. The standard InChI is InChI=1S/C9H18N2O2/c1-2-4-11(5-3-9(12)13)8-6-10-7-8/h8,10H,2-7H2,1H3,(H,12,13). The maximum atomic E-state index is 10.4. The highest BCUT2D eigenvalue weighted by atomic mass is 16.4. The van der Waals surface area contributed by atoms with Gasteiger partial charge in [0.2, 0.25) is 0 Å². The van der Waals surface area contributed by atoms with Crippen LogP contribution in [-0.4, -0.2) is 48.2 Å². The number of nitrogens with one attached hydrogen (secondary N) is 1. The van der Waals surface area contributed by atoms with Crippen molar-refractivity contribution in [2.45, 2.75) is 25.8 Å². The lowest BCUT2D eigenvalue weighted by Crippen LogP contribution is -2.57. The van der Waals surface area contributed by atoms with Crippen LogP contribution in [0.15, 0.2) is 0 Å². The first-order chi connectivity index (χ1) is 6.24. The van der Waals surface area contributed by atoms with Gasteiger partial charge < -0.3 is 10.4 Å². The largest absolute Gasteiger partial charge is 0.481 e. The van der Waals surface area contributed by atoms with Gasteiger partial charge in [-0.05, 0) is 13.0 Å². The molecule has 0 bridgehead atoms. The average molecular weight is 186 g/mol. The molecule has 0 aromatic rings. The monoisotopic (exact) mass is 186 g/mol. The third-order valence-corrected chi connectivity index (χ3v) is 2.40. The first-order valence-corrected chi connectivity index (χ1v) is 4.90. The van der Waals surface area contributed by atoms with Gasteiger partial charge in [-0.15, -0.1) is 0 Å². The van der Waals surface area contributed by atoms with Crippen LogP contribution in [0.5, 0.6) is 0 Å². The molecule has 1 rings (SSSR count). The van der Waals surface area contributed by atoms with Gasteiger partial charge in [-0.1, -0.05) is 6.92 Å². The van der Waals surface area contributed by atoms with Crippen LogP contribution in [0.3, 0.4) is 0 Å². The highest BCUT2D eigenvalue weighted by molar-refractivity contribution is 5.66. The third kappa shape index (κ3) is 3.32. The molecule has 0 aromatic carbocycles. The van der Waals surface area contributed by atoms with Gasteiger partial charge in [0.1, 0.15) is 0 Å². The summed E-state index contributed by atoms with van der Waals surface area (Å²) in [4.78, 5) is 12.7. The zero-order valence-electron chi connectivity index (χ0n) is 8.12. The van der Waals surface area contributed by atoms with Crippen LogP contribution >= 0.6 is 0 Å². The predicted molar refractivity (Wildman–Crippen MR) is 50.8 cm³/mol. The normalized spacial score (nSPS) is 17.4. The Bertz CT molecular complexity index is 169. The maximum Gasteiger partial charge on any atom is 0.304 e. The highest BCUT2D eigenvalue weighted by Crippen LogP contribution is 2.06. The van der Waals surface area contributed by atoms with E-state index in [0.717, 1.165) is 26.1 Å². The van der Waals surface area contributed by atoms with Crippen LogP contribution in [-0.2, 0) is 4.79 Å². The summed E-state index contributed by atoms with van der Waals surface area (Å²) in [6, 6.07) is 0.569. The molecule has 0 radical (unpaired) electrons. The predicted octanol–water partition coefficient (Wildman–Crippen LogP) is 0.145. The number of nitrogens with zero attached hydrogens (tertiary/aromatic N) is 1. The van der Waals surface area contributed by atoms with Crippen molar-refractivity contribution in [1.29, 1.82) is 0 Å². The molecule has 76 valence electrons. The van der Waals surface area contributed by atoms with Crippen molar-refractivity contribution in [2.75, 3.05) is 26.2 Å². The second-order valence-electron chi connectivity index (χ2n) is 3.49. The highest BCUT2D eigenvalue weighted by Gasteiger charge is 2.23. The van der Waals surface area contributed by atoms with Crippen molar-refractivity contribution in [1.82, 2.24) is 10.2 Å². The van der Waals surface area contributed by atoms with E-state index in [1.165, 1.54) is 0 Å². The molecular formula is C9H18N2O2. The van der Waals surface area contributed by atoms with Crippen LogP contribution in [0.25, 0.3) is 0 Å². The van der Waals surface area contributed by atoms with Crippen LogP contribution in [0.1, 0.15) is 19.8 Å². The fourth-order valence-electron chi connectivity index (χ4n) is 1.54. The second kappa shape index (κ2) is 5.19. The van der Waals surface area contributed by atoms with Gasteiger partial charge in [-0.2, -0.15) is 0 Å². The van der Waals surface area contributed by atoms with Gasteiger partial charge in [0.25, 0.3) is 0 Å². The SMILES string of the molecule is CCCN(CCC(=O)O)C1CNC1. The molecule has 0 amide bonds. The summed E-state index contributed by atoms with van der Waals surface area (Å²) in [6.45, 7) is 5.86. The summed E-state index contributed by atoms with van der Waals surface area (Å²) < 4.78 is 0. The zero-order chi connectivity index (χ0) is 9.68. The molecule has 2 N–H and O–H groups in total. The van der Waals surface area contributed by atoms with Crippen molar-refractivity contribution in [3.05, 3.63) is 0 Å². The lowest BCUT2D eigenvalue weighted by molar-refractivity contribution is -0.137. The Balaban J connectivity index is 2.24. The molecule has 0 atom stereocenters. The minimum atomic E-state index is -0.701. The molecule has 0 aliphatic carbocycles. The lowest BCUT2D eigenvalue weighted by Gasteiger charge is -2.37. The number of carbonyl (C=O) groups is 1. The molecule has 1 aliphatic rings. The van der Waals surface area contributed by atoms with Crippen molar-refractivity contribution in [2.24, 2.45) is 0 Å². The molecule has 4 nitrogen and oxygen atoms in total. The summed E-state index contributed by atoms with van der Waals surface area (Å²) in [6.07, 6.45) is 1.35. The number of hydrogen-bond donors (Lipinski definition) is 2. The van der Waals surface area contributed by atoms with E-state index in [2.05, 4.69) is 17.1 Å². The van der Waals surface area contributed by atoms with Crippen LogP contribution in [0, 0.1) is 0 Å². The molecule has 0 aromatic heterocycles. The van der Waals surface area contributed by atoms with Gasteiger partial charge in [-0.3, -0.25) is 9.69 Å². The van der Waals surface area contributed by atoms with E-state index in [-0.39, 0.29) is 6.42 Å². The van der Waals surface area contributed by atoms with Crippen molar-refractivity contribution >= 4 is 5.97 Å². The van der Waals surface area contributed by atoms with Crippen molar-refractivity contribution in [3.8, 4) is 0 Å². The van der Waals surface area contributed by atoms with E-state index in [9.17, 15) is 4.79 Å². The zero-order valence-corrected chi connectivity index (χ0v) is 8.12. The van der Waals surface area contributed by atoms with E-state index in [1.54, 1.807) is 0 Å². The molecule has 0 spiro atoms. The summed E-state index contributed by atoms with van der Waals surface area (Å²) in [7, 11) is 0. The smallest absolute Gasteiger partial charge is 0.304 e. The molecule has 4 heteroatoms. The summed E-state index contributed by atoms with van der Waals surface area (Å²) in [5.41, 5.74) is 0.